The number of para-hydroxylation sites is 1. The summed E-state index contributed by atoms with van der Waals surface area (Å²) in [6, 6.07) is 9.21. The molecule has 0 bridgehead atoms. The highest BCUT2D eigenvalue weighted by Crippen LogP contribution is 2.30. The Kier molecular flexibility index (Phi) is 9.16. The van der Waals surface area contributed by atoms with Crippen molar-refractivity contribution < 1.29 is 37.7 Å². The van der Waals surface area contributed by atoms with Crippen molar-refractivity contribution in [1.29, 1.82) is 0 Å². The highest BCUT2D eigenvalue weighted by molar-refractivity contribution is 7.99. The van der Waals surface area contributed by atoms with E-state index in [1.54, 1.807) is 0 Å². The minimum atomic E-state index is -3.99. The van der Waals surface area contributed by atoms with Gasteiger partial charge in [0.05, 0.1) is 6.61 Å². The Morgan fingerprint density at radius 1 is 1.18 bits per heavy atom. The number of esters is 1. The number of halogens is 2. The van der Waals surface area contributed by atoms with Gasteiger partial charge in [-0.25, -0.2) is 4.79 Å². The number of thioether (sulfide) groups is 1. The fraction of sp³-hybridized carbons (Fsp3) is 0.417. The van der Waals surface area contributed by atoms with Crippen LogP contribution in [0, 0.1) is 0 Å². The van der Waals surface area contributed by atoms with Gasteiger partial charge < -0.3 is 14.7 Å². The van der Waals surface area contributed by atoms with E-state index in [2.05, 4.69) is 14.1 Å². The molecule has 0 atom stereocenters. The number of rotatable bonds is 11. The maximum atomic E-state index is 12.9. The maximum Gasteiger partial charge on any atom is 0.415 e. The van der Waals surface area contributed by atoms with Crippen molar-refractivity contribution in [3.63, 3.8) is 0 Å². The molecule has 0 saturated heterocycles. The van der Waals surface area contributed by atoms with E-state index in [0.717, 1.165) is 5.75 Å². The van der Waals surface area contributed by atoms with Gasteiger partial charge in [-0.15, -0.1) is 0 Å². The zero-order chi connectivity index (χ0) is 16.3. The van der Waals surface area contributed by atoms with Crippen molar-refractivity contribution in [3.05, 3.63) is 30.3 Å². The van der Waals surface area contributed by atoms with Gasteiger partial charge in [0.2, 0.25) is 0 Å². The van der Waals surface area contributed by atoms with Crippen LogP contribution in [-0.2, 0) is 18.9 Å². The van der Waals surface area contributed by atoms with E-state index in [4.69, 9.17) is 4.74 Å². The summed E-state index contributed by atoms with van der Waals surface area (Å²) in [5.41, 5.74) is 0. The molecule has 0 heterocycles. The molecule has 1 aromatic rings. The van der Waals surface area contributed by atoms with Crippen LogP contribution < -0.4 is 9.99 Å². The number of hydrogen-bond acceptors (Lipinski definition) is 8. The van der Waals surface area contributed by atoms with Gasteiger partial charge in [-0.05, 0) is 12.1 Å². The monoisotopic (exact) mass is 355 g/mol. The normalized spacial score (nSPS) is 11.2. The van der Waals surface area contributed by atoms with Crippen LogP contribution in [0.2, 0.25) is 0 Å². The summed E-state index contributed by atoms with van der Waals surface area (Å²) >= 11 is 0.670. The van der Waals surface area contributed by atoms with Gasteiger partial charge in [-0.2, -0.15) is 24.9 Å². The lowest BCUT2D eigenvalue weighted by Crippen LogP contribution is -2.28. The average molecular weight is 355 g/mol. The summed E-state index contributed by atoms with van der Waals surface area (Å²) < 4.78 is 39.1. The smallest absolute Gasteiger partial charge is 0.415 e. The van der Waals surface area contributed by atoms with Gasteiger partial charge in [-0.1, -0.05) is 18.2 Å². The van der Waals surface area contributed by atoms with Crippen LogP contribution in [0.3, 0.4) is 0 Å². The third-order valence-electron chi connectivity index (χ3n) is 2.10. The van der Waals surface area contributed by atoms with Gasteiger partial charge in [-0.3, -0.25) is 5.04 Å². The zero-order valence-corrected chi connectivity index (χ0v) is 12.9. The van der Waals surface area contributed by atoms with Gasteiger partial charge >= 0.3 is 11.2 Å². The van der Waals surface area contributed by atoms with Crippen LogP contribution >= 0.6 is 23.8 Å². The Labute approximate surface area is 134 Å². The fourth-order valence-corrected chi connectivity index (χ4v) is 2.05. The van der Waals surface area contributed by atoms with Crippen LogP contribution in [0.5, 0.6) is 5.75 Å². The zero-order valence-electron chi connectivity index (χ0n) is 11.2. The molecular formula is C12H13F2O6S2-. The summed E-state index contributed by atoms with van der Waals surface area (Å²) in [5.74, 6) is -0.101. The van der Waals surface area contributed by atoms with Crippen molar-refractivity contribution in [1.82, 2.24) is 0 Å². The maximum absolute atomic E-state index is 12.9. The summed E-state index contributed by atoms with van der Waals surface area (Å²) in [4.78, 5) is 11.0. The van der Waals surface area contributed by atoms with Gasteiger partial charge in [0.1, 0.15) is 24.4 Å². The van der Waals surface area contributed by atoms with E-state index in [-0.39, 0.29) is 6.61 Å². The van der Waals surface area contributed by atoms with Crippen molar-refractivity contribution in [2.45, 2.75) is 5.25 Å². The summed E-state index contributed by atoms with van der Waals surface area (Å²) in [6.07, 6.45) is 0. The van der Waals surface area contributed by atoms with Crippen LogP contribution in [-0.4, -0.2) is 35.9 Å². The molecule has 0 radical (unpaired) electrons. The lowest BCUT2D eigenvalue weighted by Gasteiger charge is -2.13. The van der Waals surface area contributed by atoms with Crippen molar-refractivity contribution >= 4 is 29.8 Å². The lowest BCUT2D eigenvalue weighted by atomic mass is 10.3. The molecule has 1 rings (SSSR count). The molecule has 10 heteroatoms. The molecule has 0 saturated carbocycles. The molecule has 0 amide bonds. The molecule has 0 aliphatic carbocycles. The molecule has 0 aliphatic heterocycles. The fourth-order valence-electron chi connectivity index (χ4n) is 1.21. The summed E-state index contributed by atoms with van der Waals surface area (Å²) in [7, 11) is 0. The largest absolute Gasteiger partial charge is 0.691 e. The Morgan fingerprint density at radius 2 is 1.86 bits per heavy atom. The van der Waals surface area contributed by atoms with Gasteiger partial charge in [0.25, 0.3) is 0 Å². The van der Waals surface area contributed by atoms with E-state index in [1.807, 2.05) is 30.3 Å². The van der Waals surface area contributed by atoms with E-state index in [1.165, 1.54) is 11.8 Å². The summed E-state index contributed by atoms with van der Waals surface area (Å²) in [5, 5.41) is 8.17. The molecule has 0 aliphatic rings. The second-order valence-corrected chi connectivity index (χ2v) is 5.69. The standard InChI is InChI=1S/C12H14F2O6S2/c13-12(14,22-20-19-16)11(15)18-7-9-21-8-6-17-10-4-2-1-3-5-10/h1-5,16H,6-9H2/p-1. The van der Waals surface area contributed by atoms with Crippen LogP contribution in [0.4, 0.5) is 8.78 Å². The summed E-state index contributed by atoms with van der Waals surface area (Å²) in [6.45, 7) is 0.256. The highest BCUT2D eigenvalue weighted by atomic mass is 32.2. The number of alkyl halides is 2. The van der Waals surface area contributed by atoms with Crippen LogP contribution in [0.15, 0.2) is 30.3 Å². The predicted molar refractivity (Wildman–Crippen MR) is 74.9 cm³/mol. The first-order chi connectivity index (χ1) is 10.6. The SMILES string of the molecule is O=C(OCCSCCOc1ccccc1)C(F)(F)SOO[O-]. The van der Waals surface area contributed by atoms with Crippen molar-refractivity contribution in [3.8, 4) is 5.75 Å². The number of carbonyl (C=O) groups is 1. The molecule has 0 spiro atoms. The lowest BCUT2D eigenvalue weighted by molar-refractivity contribution is -0.777. The first kappa shape index (κ1) is 19.0. The molecule has 6 nitrogen and oxygen atoms in total. The molecule has 22 heavy (non-hydrogen) atoms. The second kappa shape index (κ2) is 10.6. The van der Waals surface area contributed by atoms with Crippen LogP contribution in [0.25, 0.3) is 0 Å². The van der Waals surface area contributed by atoms with Crippen LogP contribution in [0.1, 0.15) is 0 Å². The van der Waals surface area contributed by atoms with E-state index in [9.17, 15) is 18.8 Å². The number of hydrogen-bond donors (Lipinski definition) is 0. The quantitative estimate of drug-likeness (QED) is 0.196. The van der Waals surface area contributed by atoms with Gasteiger partial charge in [0.15, 0.2) is 0 Å². The molecule has 124 valence electrons. The van der Waals surface area contributed by atoms with E-state index >= 15 is 0 Å². The van der Waals surface area contributed by atoms with Gasteiger partial charge in [0, 0.05) is 11.5 Å². The molecule has 0 fully saturated rings. The Morgan fingerprint density at radius 3 is 2.55 bits per heavy atom. The number of carbonyl (C=O) groups excluding carboxylic acids is 1. The third-order valence-corrected chi connectivity index (χ3v) is 3.51. The van der Waals surface area contributed by atoms with E-state index < -0.39 is 23.3 Å². The Balaban J connectivity index is 2.04. The topological polar surface area (TPSA) is 77.1 Å². The third kappa shape index (κ3) is 7.80. The minimum Gasteiger partial charge on any atom is -0.691 e. The molecule has 0 unspecified atom stereocenters. The first-order valence-corrected chi connectivity index (χ1v) is 7.91. The first-order valence-electron chi connectivity index (χ1n) is 6.01. The number of ether oxygens (including phenoxy) is 2. The Hall–Kier alpha value is -1.07. The van der Waals surface area contributed by atoms with Crippen molar-refractivity contribution in [2.24, 2.45) is 0 Å². The minimum absolute atomic E-state index is 0.191. The second-order valence-electron chi connectivity index (χ2n) is 3.65. The highest BCUT2D eigenvalue weighted by Gasteiger charge is 2.43. The molecule has 0 N–H and O–H groups in total. The average Bonchev–Trinajstić information content (AvgIpc) is 2.52. The molecule has 1 aromatic carbocycles. The van der Waals surface area contributed by atoms with Crippen molar-refractivity contribution in [2.75, 3.05) is 24.7 Å². The number of benzene rings is 1. The molecule has 0 aromatic heterocycles. The Bertz CT molecular complexity index is 435. The predicted octanol–water partition coefficient (Wildman–Crippen LogP) is 1.81. The van der Waals surface area contributed by atoms with E-state index in [0.29, 0.717) is 18.1 Å². The molecular weight excluding hydrogens is 342 g/mol.